The van der Waals surface area contributed by atoms with E-state index in [-0.39, 0.29) is 0 Å². The Hall–Kier alpha value is -0.120. The summed E-state index contributed by atoms with van der Waals surface area (Å²) in [6.45, 7) is 7.14. The molecule has 0 bridgehead atoms. The molecule has 2 aliphatic rings. The number of hydrogen-bond donors (Lipinski definition) is 1. The first-order valence-corrected chi connectivity index (χ1v) is 6.50. The summed E-state index contributed by atoms with van der Waals surface area (Å²) in [6, 6.07) is 0. The van der Waals surface area contributed by atoms with E-state index in [0.717, 1.165) is 6.61 Å². The van der Waals surface area contributed by atoms with Gasteiger partial charge in [0, 0.05) is 13.2 Å². The zero-order valence-corrected chi connectivity index (χ0v) is 9.71. The summed E-state index contributed by atoms with van der Waals surface area (Å²) >= 11 is 0. The Kier molecular flexibility index (Phi) is 4.90. The minimum Gasteiger partial charge on any atom is -0.378 e. The predicted octanol–water partition coefficient (Wildman–Crippen LogP) is 1.24. The van der Waals surface area contributed by atoms with Gasteiger partial charge in [-0.2, -0.15) is 0 Å². The summed E-state index contributed by atoms with van der Waals surface area (Å²) in [5.74, 6) is 0. The van der Waals surface area contributed by atoms with Crippen LogP contribution in [0.2, 0.25) is 0 Å². The average molecular weight is 212 g/mol. The summed E-state index contributed by atoms with van der Waals surface area (Å²) in [5, 5.41) is 3.45. The van der Waals surface area contributed by atoms with Crippen molar-refractivity contribution in [3.63, 3.8) is 0 Å². The van der Waals surface area contributed by atoms with Crippen LogP contribution in [0.4, 0.5) is 0 Å². The van der Waals surface area contributed by atoms with Gasteiger partial charge >= 0.3 is 0 Å². The number of rotatable bonds is 3. The van der Waals surface area contributed by atoms with Gasteiger partial charge in [-0.15, -0.1) is 0 Å². The lowest BCUT2D eigenvalue weighted by Gasteiger charge is -2.25. The average Bonchev–Trinajstić information content (AvgIpc) is 2.68. The molecule has 1 atom stereocenters. The van der Waals surface area contributed by atoms with E-state index in [1.807, 2.05) is 0 Å². The molecule has 3 heteroatoms. The first-order chi connectivity index (χ1) is 7.45. The van der Waals surface area contributed by atoms with E-state index in [9.17, 15) is 0 Å². The SMILES string of the molecule is C1COC(CCN2CCCNCCC2)C1. The lowest BCUT2D eigenvalue weighted by molar-refractivity contribution is 0.0909. The highest BCUT2D eigenvalue weighted by atomic mass is 16.5. The van der Waals surface area contributed by atoms with Crippen LogP contribution >= 0.6 is 0 Å². The van der Waals surface area contributed by atoms with Gasteiger partial charge in [0.05, 0.1) is 6.10 Å². The Morgan fingerprint density at radius 3 is 2.60 bits per heavy atom. The number of hydrogen-bond acceptors (Lipinski definition) is 3. The largest absolute Gasteiger partial charge is 0.378 e. The molecule has 1 unspecified atom stereocenters. The van der Waals surface area contributed by atoms with Gasteiger partial charge in [0.2, 0.25) is 0 Å². The zero-order valence-electron chi connectivity index (χ0n) is 9.71. The van der Waals surface area contributed by atoms with E-state index in [1.165, 1.54) is 64.8 Å². The van der Waals surface area contributed by atoms with Gasteiger partial charge in [-0.05, 0) is 58.3 Å². The second-order valence-electron chi connectivity index (χ2n) is 4.72. The van der Waals surface area contributed by atoms with Crippen molar-refractivity contribution in [3.05, 3.63) is 0 Å². The fourth-order valence-electron chi connectivity index (χ4n) is 2.51. The second-order valence-corrected chi connectivity index (χ2v) is 4.72. The van der Waals surface area contributed by atoms with E-state index in [4.69, 9.17) is 4.74 Å². The van der Waals surface area contributed by atoms with Gasteiger partial charge in [-0.1, -0.05) is 0 Å². The molecule has 0 amide bonds. The van der Waals surface area contributed by atoms with Crippen molar-refractivity contribution in [2.45, 2.75) is 38.2 Å². The molecule has 15 heavy (non-hydrogen) atoms. The highest BCUT2D eigenvalue weighted by Gasteiger charge is 2.16. The molecular formula is C12H24N2O. The number of nitrogens with one attached hydrogen (secondary N) is 1. The summed E-state index contributed by atoms with van der Waals surface area (Å²) in [7, 11) is 0. The van der Waals surface area contributed by atoms with Crippen molar-refractivity contribution < 1.29 is 4.74 Å². The monoisotopic (exact) mass is 212 g/mol. The van der Waals surface area contributed by atoms with Crippen molar-refractivity contribution in [2.24, 2.45) is 0 Å². The minimum absolute atomic E-state index is 0.563. The van der Waals surface area contributed by atoms with Crippen molar-refractivity contribution in [1.82, 2.24) is 10.2 Å². The van der Waals surface area contributed by atoms with Gasteiger partial charge in [0.15, 0.2) is 0 Å². The van der Waals surface area contributed by atoms with Crippen molar-refractivity contribution in [2.75, 3.05) is 39.3 Å². The lowest BCUT2D eigenvalue weighted by atomic mass is 10.1. The normalized spacial score (nSPS) is 30.0. The molecular weight excluding hydrogens is 188 g/mol. The molecule has 0 aromatic rings. The Morgan fingerprint density at radius 2 is 1.93 bits per heavy atom. The molecule has 0 aromatic carbocycles. The third kappa shape index (κ3) is 4.09. The highest BCUT2D eigenvalue weighted by Crippen LogP contribution is 2.15. The summed E-state index contributed by atoms with van der Waals surface area (Å²) in [4.78, 5) is 2.61. The van der Waals surface area contributed by atoms with Gasteiger partial charge in [-0.25, -0.2) is 0 Å². The maximum atomic E-state index is 5.66. The fraction of sp³-hybridized carbons (Fsp3) is 1.00. The highest BCUT2D eigenvalue weighted by molar-refractivity contribution is 4.69. The lowest BCUT2D eigenvalue weighted by Crippen LogP contribution is -2.35. The van der Waals surface area contributed by atoms with Crippen LogP contribution in [0.1, 0.15) is 32.1 Å². The second kappa shape index (κ2) is 6.46. The third-order valence-corrected chi connectivity index (χ3v) is 3.45. The van der Waals surface area contributed by atoms with Crippen molar-refractivity contribution in [1.29, 1.82) is 0 Å². The molecule has 0 radical (unpaired) electrons. The van der Waals surface area contributed by atoms with Crippen LogP contribution in [0.15, 0.2) is 0 Å². The summed E-state index contributed by atoms with van der Waals surface area (Å²) in [5.41, 5.74) is 0. The van der Waals surface area contributed by atoms with E-state index in [2.05, 4.69) is 10.2 Å². The van der Waals surface area contributed by atoms with Crippen LogP contribution in [0, 0.1) is 0 Å². The molecule has 2 heterocycles. The van der Waals surface area contributed by atoms with E-state index < -0.39 is 0 Å². The van der Waals surface area contributed by atoms with Crippen LogP contribution in [0.25, 0.3) is 0 Å². The van der Waals surface area contributed by atoms with Crippen molar-refractivity contribution in [3.8, 4) is 0 Å². The minimum atomic E-state index is 0.563. The zero-order chi connectivity index (χ0) is 10.3. The Morgan fingerprint density at radius 1 is 1.13 bits per heavy atom. The molecule has 1 N–H and O–H groups in total. The van der Waals surface area contributed by atoms with Crippen LogP contribution < -0.4 is 5.32 Å². The molecule has 88 valence electrons. The molecule has 0 spiro atoms. The van der Waals surface area contributed by atoms with Gasteiger partial charge in [0.1, 0.15) is 0 Å². The first-order valence-electron chi connectivity index (χ1n) is 6.50. The molecule has 2 fully saturated rings. The van der Waals surface area contributed by atoms with E-state index in [0.29, 0.717) is 6.10 Å². The quantitative estimate of drug-likeness (QED) is 0.762. The standard InChI is InChI=1S/C12H24N2O/c1-4-12(15-11-1)5-10-14-8-2-6-13-7-3-9-14/h12-13H,1-11H2. The fourth-order valence-corrected chi connectivity index (χ4v) is 2.51. The molecule has 0 aliphatic carbocycles. The number of nitrogens with zero attached hydrogens (tertiary/aromatic N) is 1. The van der Waals surface area contributed by atoms with E-state index >= 15 is 0 Å². The molecule has 2 saturated heterocycles. The third-order valence-electron chi connectivity index (χ3n) is 3.45. The van der Waals surface area contributed by atoms with Crippen LogP contribution in [0.3, 0.4) is 0 Å². The molecule has 2 aliphatic heterocycles. The molecule has 0 saturated carbocycles. The Balaban J connectivity index is 1.62. The topological polar surface area (TPSA) is 24.5 Å². The smallest absolute Gasteiger partial charge is 0.0588 e. The maximum absolute atomic E-state index is 5.66. The number of ether oxygens (including phenoxy) is 1. The molecule has 2 rings (SSSR count). The Bertz CT molecular complexity index is 161. The molecule has 3 nitrogen and oxygen atoms in total. The Labute approximate surface area is 93.2 Å². The van der Waals surface area contributed by atoms with Crippen LogP contribution in [-0.4, -0.2) is 50.3 Å². The summed E-state index contributed by atoms with van der Waals surface area (Å²) < 4.78 is 5.66. The maximum Gasteiger partial charge on any atom is 0.0588 e. The summed E-state index contributed by atoms with van der Waals surface area (Å²) in [6.07, 6.45) is 6.96. The van der Waals surface area contributed by atoms with Crippen molar-refractivity contribution >= 4 is 0 Å². The van der Waals surface area contributed by atoms with Gasteiger partial charge < -0.3 is 15.0 Å². The van der Waals surface area contributed by atoms with E-state index in [1.54, 1.807) is 0 Å². The molecule has 0 aromatic heterocycles. The first kappa shape index (κ1) is 11.4. The van der Waals surface area contributed by atoms with Crippen LogP contribution in [0.5, 0.6) is 0 Å². The van der Waals surface area contributed by atoms with Crippen LogP contribution in [-0.2, 0) is 4.74 Å². The predicted molar refractivity (Wildman–Crippen MR) is 62.1 cm³/mol. The van der Waals surface area contributed by atoms with Gasteiger partial charge in [0.25, 0.3) is 0 Å². The van der Waals surface area contributed by atoms with Gasteiger partial charge in [-0.3, -0.25) is 0 Å².